The van der Waals surface area contributed by atoms with Crippen molar-refractivity contribution in [3.63, 3.8) is 0 Å². The van der Waals surface area contributed by atoms with Crippen molar-refractivity contribution in [2.75, 3.05) is 37.0 Å². The minimum absolute atomic E-state index is 0.224. The highest BCUT2D eigenvalue weighted by Crippen LogP contribution is 2.41. The number of imidazole rings is 1. The standard InChI is InChI=1S/C25H30N4O3/c1-5-7-16-28-23(30)21(24(31)32-6-2)22(17-12-14-18(15-13-17)27(3)4)29-20-11-9-8-10-19(20)26-25(28)29/h8-15,21-22H,5-7,16H2,1-4H3/t21-,22-/m1/s1. The lowest BCUT2D eigenvalue weighted by atomic mass is 9.89. The smallest absolute Gasteiger partial charge is 0.321 e. The van der Waals surface area contributed by atoms with E-state index in [9.17, 15) is 9.59 Å². The molecule has 1 aliphatic rings. The van der Waals surface area contributed by atoms with Crippen molar-refractivity contribution in [1.82, 2.24) is 9.55 Å². The topological polar surface area (TPSA) is 67.7 Å². The quantitative estimate of drug-likeness (QED) is 0.415. The molecule has 1 aromatic heterocycles. The number of amides is 1. The van der Waals surface area contributed by atoms with E-state index < -0.39 is 17.9 Å². The lowest BCUT2D eigenvalue weighted by Gasteiger charge is -2.38. The molecule has 7 nitrogen and oxygen atoms in total. The fourth-order valence-electron chi connectivity index (χ4n) is 4.35. The van der Waals surface area contributed by atoms with Gasteiger partial charge in [0.25, 0.3) is 0 Å². The molecule has 4 rings (SSSR count). The Hall–Kier alpha value is -3.35. The summed E-state index contributed by atoms with van der Waals surface area (Å²) in [4.78, 5) is 35.3. The van der Waals surface area contributed by atoms with Crippen molar-refractivity contribution >= 4 is 34.5 Å². The molecule has 0 fully saturated rings. The molecule has 1 amide bonds. The molecule has 0 spiro atoms. The van der Waals surface area contributed by atoms with Gasteiger partial charge in [-0.3, -0.25) is 14.5 Å². The molecule has 0 bridgehead atoms. The summed E-state index contributed by atoms with van der Waals surface area (Å²) in [6.45, 7) is 4.58. The van der Waals surface area contributed by atoms with Gasteiger partial charge in [0.1, 0.15) is 0 Å². The van der Waals surface area contributed by atoms with Crippen LogP contribution < -0.4 is 9.80 Å². The van der Waals surface area contributed by atoms with Gasteiger partial charge in [-0.05, 0) is 43.2 Å². The number of benzene rings is 2. The zero-order valence-corrected chi connectivity index (χ0v) is 19.1. The van der Waals surface area contributed by atoms with Gasteiger partial charge in [0, 0.05) is 26.3 Å². The number of carbonyl (C=O) groups excluding carboxylic acids is 2. The van der Waals surface area contributed by atoms with Crippen LogP contribution in [0.2, 0.25) is 0 Å². The summed E-state index contributed by atoms with van der Waals surface area (Å²) in [6, 6.07) is 15.3. The number of rotatable bonds is 7. The van der Waals surface area contributed by atoms with Crippen molar-refractivity contribution in [3.8, 4) is 0 Å². The molecular formula is C25H30N4O3. The molecule has 3 aromatic rings. The first kappa shape index (κ1) is 21.9. The number of carbonyl (C=O) groups is 2. The van der Waals surface area contributed by atoms with Crippen LogP contribution in [-0.2, 0) is 14.3 Å². The molecule has 0 N–H and O–H groups in total. The predicted octanol–water partition coefficient (Wildman–Crippen LogP) is 4.02. The minimum atomic E-state index is -0.970. The number of ether oxygens (including phenoxy) is 1. The summed E-state index contributed by atoms with van der Waals surface area (Å²) in [5.41, 5.74) is 3.62. The lowest BCUT2D eigenvalue weighted by Crippen LogP contribution is -2.50. The maximum atomic E-state index is 13.7. The van der Waals surface area contributed by atoms with Crippen molar-refractivity contribution in [2.24, 2.45) is 5.92 Å². The first-order chi connectivity index (χ1) is 15.5. The van der Waals surface area contributed by atoms with Gasteiger partial charge in [-0.25, -0.2) is 4.98 Å². The third-order valence-electron chi connectivity index (χ3n) is 5.97. The van der Waals surface area contributed by atoms with Crippen molar-refractivity contribution in [1.29, 1.82) is 0 Å². The summed E-state index contributed by atoms with van der Waals surface area (Å²) in [5, 5.41) is 0. The Kier molecular flexibility index (Phi) is 6.17. The summed E-state index contributed by atoms with van der Waals surface area (Å²) < 4.78 is 7.43. The van der Waals surface area contributed by atoms with Crippen LogP contribution in [0.3, 0.4) is 0 Å². The molecule has 1 aliphatic heterocycles. The average Bonchev–Trinajstić information content (AvgIpc) is 3.17. The third kappa shape index (κ3) is 3.72. The Morgan fingerprint density at radius 3 is 2.47 bits per heavy atom. The predicted molar refractivity (Wildman–Crippen MR) is 126 cm³/mol. The molecule has 168 valence electrons. The Balaban J connectivity index is 1.94. The lowest BCUT2D eigenvalue weighted by molar-refractivity contribution is -0.153. The van der Waals surface area contributed by atoms with Crippen molar-refractivity contribution < 1.29 is 14.3 Å². The van der Waals surface area contributed by atoms with E-state index in [1.165, 1.54) is 0 Å². The Bertz CT molecular complexity index is 1120. The number of nitrogens with zero attached hydrogens (tertiary/aromatic N) is 4. The number of aromatic nitrogens is 2. The number of unbranched alkanes of at least 4 members (excludes halogenated alkanes) is 1. The number of anilines is 2. The van der Waals surface area contributed by atoms with Crippen molar-refractivity contribution in [3.05, 3.63) is 54.1 Å². The van der Waals surface area contributed by atoms with E-state index in [4.69, 9.17) is 9.72 Å². The number of fused-ring (bicyclic) bond motifs is 3. The Morgan fingerprint density at radius 1 is 1.09 bits per heavy atom. The number of hydrogen-bond acceptors (Lipinski definition) is 5. The SMILES string of the molecule is CCCCN1C(=O)[C@H](C(=O)OCC)[C@@H](c2ccc(N(C)C)cc2)n2c1nc1ccccc12. The van der Waals surface area contributed by atoms with Crippen LogP contribution >= 0.6 is 0 Å². The number of esters is 1. The van der Waals surface area contributed by atoms with E-state index >= 15 is 0 Å². The van der Waals surface area contributed by atoms with Gasteiger partial charge < -0.3 is 14.2 Å². The van der Waals surface area contributed by atoms with Gasteiger partial charge in [-0.15, -0.1) is 0 Å². The first-order valence-electron chi connectivity index (χ1n) is 11.2. The largest absolute Gasteiger partial charge is 0.465 e. The van der Waals surface area contributed by atoms with Gasteiger partial charge in [0.2, 0.25) is 11.9 Å². The molecular weight excluding hydrogens is 404 g/mol. The number of hydrogen-bond donors (Lipinski definition) is 0. The van der Waals surface area contributed by atoms with Gasteiger partial charge in [-0.1, -0.05) is 37.6 Å². The normalized spacial score (nSPS) is 18.0. The second kappa shape index (κ2) is 9.02. The molecule has 0 radical (unpaired) electrons. The molecule has 0 aliphatic carbocycles. The average molecular weight is 435 g/mol. The van der Waals surface area contributed by atoms with Crippen LogP contribution in [0.4, 0.5) is 11.6 Å². The number of para-hydroxylation sites is 2. The highest BCUT2D eigenvalue weighted by atomic mass is 16.5. The molecule has 2 aromatic carbocycles. The molecule has 32 heavy (non-hydrogen) atoms. The summed E-state index contributed by atoms with van der Waals surface area (Å²) in [7, 11) is 3.96. The Labute approximate surface area is 188 Å². The molecule has 0 saturated heterocycles. The highest BCUT2D eigenvalue weighted by Gasteiger charge is 2.47. The van der Waals surface area contributed by atoms with E-state index in [-0.39, 0.29) is 12.5 Å². The van der Waals surface area contributed by atoms with Gasteiger partial charge in [0.05, 0.1) is 23.7 Å². The summed E-state index contributed by atoms with van der Waals surface area (Å²) >= 11 is 0. The minimum Gasteiger partial charge on any atom is -0.465 e. The van der Waals surface area contributed by atoms with Crippen molar-refractivity contribution in [2.45, 2.75) is 32.7 Å². The zero-order chi connectivity index (χ0) is 22.8. The fourth-order valence-corrected chi connectivity index (χ4v) is 4.35. The fraction of sp³-hybridized carbons (Fsp3) is 0.400. The molecule has 0 saturated carbocycles. The summed E-state index contributed by atoms with van der Waals surface area (Å²) in [5.74, 6) is -1.13. The van der Waals surface area contributed by atoms with Crippen LogP contribution in [0.1, 0.15) is 38.3 Å². The molecule has 2 heterocycles. The van der Waals surface area contributed by atoms with Crippen LogP contribution in [0.5, 0.6) is 0 Å². The second-order valence-corrected chi connectivity index (χ2v) is 8.27. The first-order valence-corrected chi connectivity index (χ1v) is 11.2. The van der Waals surface area contributed by atoms with Gasteiger partial charge in [-0.2, -0.15) is 0 Å². The van der Waals surface area contributed by atoms with Crippen LogP contribution in [0, 0.1) is 5.92 Å². The molecule has 2 atom stereocenters. The second-order valence-electron chi connectivity index (χ2n) is 8.27. The van der Waals surface area contributed by atoms with E-state index in [0.29, 0.717) is 12.5 Å². The van der Waals surface area contributed by atoms with E-state index in [0.717, 1.165) is 35.1 Å². The van der Waals surface area contributed by atoms with Gasteiger partial charge >= 0.3 is 5.97 Å². The maximum absolute atomic E-state index is 13.7. The monoisotopic (exact) mass is 434 g/mol. The van der Waals surface area contributed by atoms with Crippen LogP contribution in [0.15, 0.2) is 48.5 Å². The third-order valence-corrected chi connectivity index (χ3v) is 5.97. The van der Waals surface area contributed by atoms with E-state index in [2.05, 4.69) is 6.92 Å². The van der Waals surface area contributed by atoms with Crippen LogP contribution in [0.25, 0.3) is 11.0 Å². The molecule has 7 heteroatoms. The summed E-state index contributed by atoms with van der Waals surface area (Å²) in [6.07, 6.45) is 1.76. The van der Waals surface area contributed by atoms with E-state index in [1.54, 1.807) is 11.8 Å². The van der Waals surface area contributed by atoms with Gasteiger partial charge in [0.15, 0.2) is 5.92 Å². The van der Waals surface area contributed by atoms with Crippen LogP contribution in [-0.4, -0.2) is 48.7 Å². The highest BCUT2D eigenvalue weighted by molar-refractivity contribution is 6.08. The zero-order valence-electron chi connectivity index (χ0n) is 19.1. The van der Waals surface area contributed by atoms with E-state index in [1.807, 2.05) is 72.1 Å². The maximum Gasteiger partial charge on any atom is 0.321 e. The molecule has 0 unspecified atom stereocenters. The Morgan fingerprint density at radius 2 is 1.81 bits per heavy atom.